The Bertz CT molecular complexity index is 593. The molecular formula is C13H11ClN2O. The molecule has 3 nitrogen and oxygen atoms in total. The van der Waals surface area contributed by atoms with Crippen LogP contribution in [0.5, 0.6) is 0 Å². The Balaban J connectivity index is 2.32. The van der Waals surface area contributed by atoms with E-state index >= 15 is 0 Å². The van der Waals surface area contributed by atoms with Crippen molar-refractivity contribution in [1.82, 2.24) is 4.98 Å². The van der Waals surface area contributed by atoms with Crippen LogP contribution in [0.2, 0.25) is 5.02 Å². The Kier molecular flexibility index (Phi) is 3.40. The Morgan fingerprint density at radius 3 is 3.00 bits per heavy atom. The van der Waals surface area contributed by atoms with Crippen LogP contribution in [0.1, 0.15) is 12.0 Å². The summed E-state index contributed by atoms with van der Waals surface area (Å²) in [6.07, 6.45) is 5.48. The highest BCUT2D eigenvalue weighted by Crippen LogP contribution is 2.22. The number of aromatic nitrogens is 1. The van der Waals surface area contributed by atoms with Crippen LogP contribution in [-0.4, -0.2) is 10.9 Å². The van der Waals surface area contributed by atoms with Gasteiger partial charge < -0.3 is 5.73 Å². The van der Waals surface area contributed by atoms with E-state index in [-0.39, 0.29) is 12.3 Å². The van der Waals surface area contributed by atoms with Gasteiger partial charge in [0.05, 0.1) is 10.5 Å². The lowest BCUT2D eigenvalue weighted by atomic mass is 10.1. The van der Waals surface area contributed by atoms with Crippen molar-refractivity contribution in [3.05, 3.63) is 47.1 Å². The highest BCUT2D eigenvalue weighted by molar-refractivity contribution is 6.35. The molecule has 86 valence electrons. The molecule has 0 spiro atoms. The quantitative estimate of drug-likeness (QED) is 0.905. The molecular weight excluding hydrogens is 236 g/mol. The van der Waals surface area contributed by atoms with E-state index in [2.05, 4.69) is 4.98 Å². The van der Waals surface area contributed by atoms with Gasteiger partial charge in [-0.25, -0.2) is 0 Å². The third kappa shape index (κ3) is 2.82. The number of nitrogens with zero attached hydrogens (tertiary/aromatic N) is 1. The third-order valence-corrected chi connectivity index (χ3v) is 2.67. The number of halogens is 1. The minimum absolute atomic E-state index is 0.237. The molecule has 0 aliphatic rings. The lowest BCUT2D eigenvalue weighted by molar-refractivity contribution is -0.117. The van der Waals surface area contributed by atoms with Crippen LogP contribution in [-0.2, 0) is 4.79 Å². The smallest absolute Gasteiger partial charge is 0.221 e. The summed E-state index contributed by atoms with van der Waals surface area (Å²) in [5.74, 6) is -0.344. The van der Waals surface area contributed by atoms with E-state index in [4.69, 9.17) is 17.3 Å². The molecule has 0 fully saturated rings. The Labute approximate surface area is 104 Å². The van der Waals surface area contributed by atoms with Gasteiger partial charge in [-0.1, -0.05) is 35.9 Å². The first kappa shape index (κ1) is 11.6. The normalized spacial score (nSPS) is 11.1. The maximum absolute atomic E-state index is 10.6. The van der Waals surface area contributed by atoms with Crippen LogP contribution in [0.15, 0.2) is 36.5 Å². The highest BCUT2D eigenvalue weighted by Gasteiger charge is 1.99. The number of rotatable bonds is 3. The second-order valence-corrected chi connectivity index (χ2v) is 4.05. The van der Waals surface area contributed by atoms with Crippen molar-refractivity contribution in [3.8, 4) is 0 Å². The van der Waals surface area contributed by atoms with E-state index < -0.39 is 0 Å². The molecule has 0 radical (unpaired) electrons. The summed E-state index contributed by atoms with van der Waals surface area (Å²) in [6.45, 7) is 0. The van der Waals surface area contributed by atoms with Gasteiger partial charge in [0, 0.05) is 18.0 Å². The molecule has 1 amide bonds. The summed E-state index contributed by atoms with van der Waals surface area (Å²) in [6, 6.07) is 7.51. The van der Waals surface area contributed by atoms with Crippen LogP contribution in [0.4, 0.5) is 0 Å². The molecule has 0 bridgehead atoms. The fourth-order valence-corrected chi connectivity index (χ4v) is 1.76. The first-order valence-corrected chi connectivity index (χ1v) is 5.54. The van der Waals surface area contributed by atoms with E-state index in [0.29, 0.717) is 5.02 Å². The van der Waals surface area contributed by atoms with Crippen LogP contribution >= 0.6 is 11.6 Å². The first-order valence-electron chi connectivity index (χ1n) is 5.16. The van der Waals surface area contributed by atoms with Crippen molar-refractivity contribution in [3.63, 3.8) is 0 Å². The van der Waals surface area contributed by atoms with Gasteiger partial charge in [0.15, 0.2) is 0 Å². The van der Waals surface area contributed by atoms with Gasteiger partial charge in [-0.2, -0.15) is 0 Å². The van der Waals surface area contributed by atoms with Crippen LogP contribution in [0.25, 0.3) is 17.0 Å². The molecule has 1 aromatic heterocycles. The minimum atomic E-state index is -0.344. The van der Waals surface area contributed by atoms with Gasteiger partial charge in [0.2, 0.25) is 5.91 Å². The van der Waals surface area contributed by atoms with Gasteiger partial charge in [-0.15, -0.1) is 0 Å². The second-order valence-electron chi connectivity index (χ2n) is 3.64. The van der Waals surface area contributed by atoms with Gasteiger partial charge in [-0.3, -0.25) is 9.78 Å². The molecule has 4 heteroatoms. The van der Waals surface area contributed by atoms with Crippen molar-refractivity contribution >= 4 is 34.5 Å². The largest absolute Gasteiger partial charge is 0.369 e. The summed E-state index contributed by atoms with van der Waals surface area (Å²) in [5.41, 5.74) is 6.85. The van der Waals surface area contributed by atoms with Crippen molar-refractivity contribution in [2.45, 2.75) is 6.42 Å². The monoisotopic (exact) mass is 246 g/mol. The molecule has 2 rings (SSSR count). The van der Waals surface area contributed by atoms with E-state index in [1.165, 1.54) is 0 Å². The molecule has 1 aromatic carbocycles. The molecule has 0 atom stereocenters. The van der Waals surface area contributed by atoms with Gasteiger partial charge in [0.25, 0.3) is 0 Å². The average molecular weight is 247 g/mol. The van der Waals surface area contributed by atoms with Crippen molar-refractivity contribution in [2.24, 2.45) is 5.73 Å². The van der Waals surface area contributed by atoms with Crippen LogP contribution in [0.3, 0.4) is 0 Å². The van der Waals surface area contributed by atoms with E-state index in [1.807, 2.05) is 24.3 Å². The summed E-state index contributed by atoms with van der Waals surface area (Å²) >= 11 is 6.04. The SMILES string of the molecule is NC(=O)CC=Cc1ccc2c(Cl)ccnc2c1. The lowest BCUT2D eigenvalue weighted by Gasteiger charge is -2.00. The van der Waals surface area contributed by atoms with Crippen molar-refractivity contribution in [1.29, 1.82) is 0 Å². The maximum Gasteiger partial charge on any atom is 0.221 e. The Morgan fingerprint density at radius 2 is 2.24 bits per heavy atom. The fourth-order valence-electron chi connectivity index (χ4n) is 1.55. The minimum Gasteiger partial charge on any atom is -0.369 e. The maximum atomic E-state index is 10.6. The molecule has 0 saturated carbocycles. The van der Waals surface area contributed by atoms with Gasteiger partial charge >= 0.3 is 0 Å². The molecule has 1 heterocycles. The zero-order valence-electron chi connectivity index (χ0n) is 9.06. The molecule has 2 aromatic rings. The number of benzene rings is 1. The zero-order valence-corrected chi connectivity index (χ0v) is 9.82. The van der Waals surface area contributed by atoms with Crippen LogP contribution in [0, 0.1) is 0 Å². The van der Waals surface area contributed by atoms with Gasteiger partial charge in [0.1, 0.15) is 0 Å². The number of carbonyl (C=O) groups is 1. The van der Waals surface area contributed by atoms with Crippen molar-refractivity contribution < 1.29 is 4.79 Å². The number of primary amides is 1. The fraction of sp³-hybridized carbons (Fsp3) is 0.0769. The lowest BCUT2D eigenvalue weighted by Crippen LogP contribution is -2.07. The number of nitrogens with two attached hydrogens (primary N) is 1. The number of carbonyl (C=O) groups excluding carboxylic acids is 1. The summed E-state index contributed by atoms with van der Waals surface area (Å²) in [4.78, 5) is 14.8. The number of hydrogen-bond acceptors (Lipinski definition) is 2. The number of amides is 1. The predicted molar refractivity (Wildman–Crippen MR) is 69.6 cm³/mol. The Morgan fingerprint density at radius 1 is 1.41 bits per heavy atom. The number of pyridine rings is 1. The summed E-state index contributed by atoms with van der Waals surface area (Å²) in [7, 11) is 0. The molecule has 0 saturated heterocycles. The number of hydrogen-bond donors (Lipinski definition) is 1. The highest BCUT2D eigenvalue weighted by atomic mass is 35.5. The molecule has 17 heavy (non-hydrogen) atoms. The average Bonchev–Trinajstić information content (AvgIpc) is 2.29. The third-order valence-electron chi connectivity index (χ3n) is 2.34. The summed E-state index contributed by atoms with van der Waals surface area (Å²) < 4.78 is 0. The standard InChI is InChI=1S/C13H11ClN2O/c14-11-6-7-16-12-8-9(4-5-10(11)12)2-1-3-13(15)17/h1-2,4-8H,3H2,(H2,15,17). The summed E-state index contributed by atoms with van der Waals surface area (Å²) in [5, 5.41) is 1.60. The van der Waals surface area contributed by atoms with Gasteiger partial charge in [-0.05, 0) is 17.7 Å². The van der Waals surface area contributed by atoms with Crippen LogP contribution < -0.4 is 5.73 Å². The van der Waals surface area contributed by atoms with E-state index in [1.54, 1.807) is 18.3 Å². The van der Waals surface area contributed by atoms with E-state index in [9.17, 15) is 4.79 Å². The zero-order chi connectivity index (χ0) is 12.3. The second kappa shape index (κ2) is 4.97. The Hall–Kier alpha value is -1.87. The number of fused-ring (bicyclic) bond motifs is 1. The molecule has 2 N–H and O–H groups in total. The molecule has 0 aliphatic carbocycles. The van der Waals surface area contributed by atoms with E-state index in [0.717, 1.165) is 16.5 Å². The predicted octanol–water partition coefficient (Wildman–Crippen LogP) is 2.78. The molecule has 0 aliphatic heterocycles. The topological polar surface area (TPSA) is 56.0 Å². The molecule has 0 unspecified atom stereocenters. The van der Waals surface area contributed by atoms with Crippen molar-refractivity contribution in [2.75, 3.05) is 0 Å². The first-order chi connectivity index (χ1) is 8.16.